The molecule has 0 radical (unpaired) electrons. The van der Waals surface area contributed by atoms with Crippen LogP contribution in [0.1, 0.15) is 12.5 Å². The van der Waals surface area contributed by atoms with Gasteiger partial charge in [0.1, 0.15) is 10.7 Å². The molecular formula is C20H23N3O4S. The molecule has 1 aliphatic rings. The third-order valence-electron chi connectivity index (χ3n) is 4.43. The number of sulfonamides is 1. The van der Waals surface area contributed by atoms with Crippen molar-refractivity contribution in [3.8, 4) is 0 Å². The maximum absolute atomic E-state index is 12.5. The normalized spacial score (nSPS) is 15.9. The molecule has 0 fully saturated rings. The number of hydrogen-bond acceptors (Lipinski definition) is 6. The van der Waals surface area contributed by atoms with Crippen molar-refractivity contribution in [3.63, 3.8) is 0 Å². The summed E-state index contributed by atoms with van der Waals surface area (Å²) in [4.78, 5) is 14.0. The number of esters is 1. The van der Waals surface area contributed by atoms with Crippen LogP contribution >= 0.6 is 0 Å². The van der Waals surface area contributed by atoms with Crippen molar-refractivity contribution in [2.75, 3.05) is 25.5 Å². The van der Waals surface area contributed by atoms with Crippen LogP contribution in [-0.4, -0.2) is 45.3 Å². The summed E-state index contributed by atoms with van der Waals surface area (Å²) in [6.45, 7) is 2.99. The number of amidine groups is 1. The Balaban J connectivity index is 1.82. The first-order valence-corrected chi connectivity index (χ1v) is 10.4. The van der Waals surface area contributed by atoms with Crippen LogP contribution in [-0.2, 0) is 26.1 Å². The van der Waals surface area contributed by atoms with Crippen LogP contribution in [0.2, 0.25) is 0 Å². The molecule has 0 aliphatic carbocycles. The number of nitrogens with one attached hydrogen (secondary N) is 1. The molecular weight excluding hydrogens is 378 g/mol. The zero-order chi connectivity index (χ0) is 20.1. The zero-order valence-electron chi connectivity index (χ0n) is 15.8. The van der Waals surface area contributed by atoms with Crippen LogP contribution in [0.15, 0.2) is 63.9 Å². The molecule has 1 heterocycles. The smallest absolute Gasteiger partial charge is 0.309 e. The van der Waals surface area contributed by atoms with Gasteiger partial charge in [0.25, 0.3) is 10.0 Å². The molecule has 1 aliphatic heterocycles. The van der Waals surface area contributed by atoms with E-state index in [4.69, 9.17) is 4.74 Å². The maximum atomic E-state index is 12.5. The second-order valence-electron chi connectivity index (χ2n) is 6.71. The Labute approximate surface area is 165 Å². The molecule has 3 rings (SSSR count). The van der Waals surface area contributed by atoms with E-state index in [-0.39, 0.29) is 23.3 Å². The summed E-state index contributed by atoms with van der Waals surface area (Å²) in [7, 11) is -2.39. The predicted molar refractivity (Wildman–Crippen MR) is 108 cm³/mol. The van der Waals surface area contributed by atoms with Crippen LogP contribution in [0.3, 0.4) is 0 Å². The fraction of sp³-hybridized carbons (Fsp3) is 0.300. The minimum atomic E-state index is -3.75. The summed E-state index contributed by atoms with van der Waals surface area (Å²) < 4.78 is 33.7. The number of benzene rings is 2. The van der Waals surface area contributed by atoms with Gasteiger partial charge in [0.05, 0.1) is 25.3 Å². The summed E-state index contributed by atoms with van der Waals surface area (Å²) in [6, 6.07) is 16.4. The highest BCUT2D eigenvalue weighted by atomic mass is 32.2. The first-order chi connectivity index (χ1) is 13.4. The highest BCUT2D eigenvalue weighted by molar-refractivity contribution is 7.90. The highest BCUT2D eigenvalue weighted by Crippen LogP contribution is 2.26. The van der Waals surface area contributed by atoms with Crippen LogP contribution in [0.25, 0.3) is 0 Å². The van der Waals surface area contributed by atoms with E-state index in [9.17, 15) is 13.2 Å². The van der Waals surface area contributed by atoms with Crippen molar-refractivity contribution in [2.45, 2.75) is 18.4 Å². The average molecular weight is 401 g/mol. The number of fused-ring (bicyclic) bond motifs is 1. The Hall–Kier alpha value is -2.71. The van der Waals surface area contributed by atoms with Gasteiger partial charge in [0.2, 0.25) is 0 Å². The van der Waals surface area contributed by atoms with Crippen molar-refractivity contribution < 1.29 is 17.9 Å². The number of methoxy groups -OCH3 is 1. The van der Waals surface area contributed by atoms with Crippen LogP contribution in [0.5, 0.6) is 0 Å². The Morgan fingerprint density at radius 2 is 1.79 bits per heavy atom. The number of rotatable bonds is 7. The van der Waals surface area contributed by atoms with E-state index in [1.165, 1.54) is 13.2 Å². The average Bonchev–Trinajstić information content (AvgIpc) is 2.67. The molecule has 0 saturated carbocycles. The first-order valence-electron chi connectivity index (χ1n) is 8.93. The predicted octanol–water partition coefficient (Wildman–Crippen LogP) is 2.51. The van der Waals surface area contributed by atoms with Crippen LogP contribution in [0, 0.1) is 5.92 Å². The number of carbonyl (C=O) groups excluding carboxylic acids is 1. The molecule has 1 atom stereocenters. The van der Waals surface area contributed by atoms with Gasteiger partial charge in [-0.15, -0.1) is 4.40 Å². The number of hydrogen-bond donors (Lipinski definition) is 1. The minimum Gasteiger partial charge on any atom is -0.469 e. The van der Waals surface area contributed by atoms with Gasteiger partial charge < -0.3 is 10.1 Å². The number of nitrogens with zero attached hydrogens (tertiary/aromatic N) is 2. The third kappa shape index (κ3) is 4.76. The van der Waals surface area contributed by atoms with Crippen molar-refractivity contribution in [3.05, 3.63) is 60.2 Å². The van der Waals surface area contributed by atoms with E-state index >= 15 is 0 Å². The van der Waals surface area contributed by atoms with E-state index in [0.717, 1.165) is 5.56 Å². The van der Waals surface area contributed by atoms with Gasteiger partial charge >= 0.3 is 5.97 Å². The molecule has 8 heteroatoms. The second-order valence-corrected chi connectivity index (χ2v) is 8.29. The molecule has 0 aromatic heterocycles. The molecule has 0 bridgehead atoms. The lowest BCUT2D eigenvalue weighted by Crippen LogP contribution is -2.39. The van der Waals surface area contributed by atoms with Crippen molar-refractivity contribution in [1.29, 1.82) is 0 Å². The molecule has 1 unspecified atom stereocenters. The van der Waals surface area contributed by atoms with E-state index in [1.807, 2.05) is 35.2 Å². The van der Waals surface area contributed by atoms with Gasteiger partial charge in [-0.05, 0) is 17.7 Å². The van der Waals surface area contributed by atoms with E-state index in [1.54, 1.807) is 25.1 Å². The maximum Gasteiger partial charge on any atom is 0.309 e. The van der Waals surface area contributed by atoms with E-state index < -0.39 is 10.0 Å². The van der Waals surface area contributed by atoms with Crippen molar-refractivity contribution in [1.82, 2.24) is 4.90 Å². The van der Waals surface area contributed by atoms with Crippen molar-refractivity contribution >= 4 is 27.5 Å². The topological polar surface area (TPSA) is 88.1 Å². The Kier molecular flexibility index (Phi) is 6.11. The molecule has 2 aromatic carbocycles. The largest absolute Gasteiger partial charge is 0.469 e. The standard InChI is InChI=1S/C20H23N3O4S/c1-15(20(24)27-2)12-23(13-16-8-4-3-5-9-16)14-19-21-17-10-6-7-11-18(17)28(25,26)22-19/h3-11,15H,12-14H2,1-2H3,(H,21,22). The SMILES string of the molecule is COC(=O)C(C)CN(CC1=NS(=O)(=O)c2ccccc2N1)Cc1ccccc1. The van der Waals surface area contributed by atoms with E-state index in [2.05, 4.69) is 9.71 Å². The Morgan fingerprint density at radius 1 is 1.11 bits per heavy atom. The fourth-order valence-corrected chi connectivity index (χ4v) is 4.28. The summed E-state index contributed by atoms with van der Waals surface area (Å²) >= 11 is 0. The van der Waals surface area contributed by atoms with Gasteiger partial charge in [-0.3, -0.25) is 9.69 Å². The van der Waals surface area contributed by atoms with Gasteiger partial charge in [-0.25, -0.2) is 0 Å². The fourth-order valence-electron chi connectivity index (χ4n) is 3.14. The minimum absolute atomic E-state index is 0.163. The Morgan fingerprint density at radius 3 is 2.50 bits per heavy atom. The number of carbonyl (C=O) groups is 1. The number of para-hydroxylation sites is 1. The third-order valence-corrected chi connectivity index (χ3v) is 5.80. The summed E-state index contributed by atoms with van der Waals surface area (Å²) in [5.41, 5.74) is 1.56. The number of anilines is 1. The van der Waals surface area contributed by atoms with E-state index in [0.29, 0.717) is 24.6 Å². The Bertz CT molecular complexity index is 974. The molecule has 0 saturated heterocycles. The monoisotopic (exact) mass is 401 g/mol. The molecule has 0 spiro atoms. The molecule has 7 nitrogen and oxygen atoms in total. The highest BCUT2D eigenvalue weighted by Gasteiger charge is 2.26. The summed E-state index contributed by atoms with van der Waals surface area (Å²) in [5.74, 6) is -0.344. The molecule has 28 heavy (non-hydrogen) atoms. The van der Waals surface area contributed by atoms with Crippen molar-refractivity contribution in [2.24, 2.45) is 10.3 Å². The molecule has 148 valence electrons. The van der Waals surface area contributed by atoms with Gasteiger partial charge in [-0.2, -0.15) is 8.42 Å². The lowest BCUT2D eigenvalue weighted by Gasteiger charge is -2.27. The zero-order valence-corrected chi connectivity index (χ0v) is 16.6. The van der Waals surface area contributed by atoms with Crippen LogP contribution in [0.4, 0.5) is 5.69 Å². The summed E-state index contributed by atoms with van der Waals surface area (Å²) in [5, 5.41) is 3.10. The quantitative estimate of drug-likeness (QED) is 0.717. The number of ether oxygens (including phenoxy) is 1. The van der Waals surface area contributed by atoms with Gasteiger partial charge in [-0.1, -0.05) is 49.4 Å². The molecule has 2 aromatic rings. The second kappa shape index (κ2) is 8.53. The lowest BCUT2D eigenvalue weighted by atomic mass is 10.1. The molecule has 1 N–H and O–H groups in total. The van der Waals surface area contributed by atoms with Gasteiger partial charge in [0.15, 0.2) is 0 Å². The molecule has 0 amide bonds. The first kappa shape index (κ1) is 20.0. The summed E-state index contributed by atoms with van der Waals surface area (Å²) in [6.07, 6.45) is 0. The van der Waals surface area contributed by atoms with Gasteiger partial charge in [0, 0.05) is 13.1 Å². The lowest BCUT2D eigenvalue weighted by molar-refractivity contribution is -0.145. The van der Waals surface area contributed by atoms with Crippen LogP contribution < -0.4 is 5.32 Å².